The number of nitrogens with zero attached hydrogens (tertiary/aromatic N) is 1. The fraction of sp³-hybridized carbons (Fsp3) is 0. The molecule has 22 heavy (non-hydrogen) atoms. The summed E-state index contributed by atoms with van der Waals surface area (Å²) < 4.78 is 42.0. The largest absolute Gasteiger partial charge is 0.396 e. The normalized spacial score (nSPS) is 11.1. The Bertz CT molecular complexity index is 923. The van der Waals surface area contributed by atoms with Crippen LogP contribution in [0.3, 0.4) is 0 Å². The van der Waals surface area contributed by atoms with E-state index in [1.54, 1.807) is 0 Å². The van der Waals surface area contributed by atoms with Crippen LogP contribution in [0.5, 0.6) is 0 Å². The standard InChI is InChI=1S/C14H7BrF3N3O/c15-6-4-21-14-9(11(6)17)5(3-20-14)13(22)10-7(16)1-2-8(19)12(10)18/h1-4H,19H2,(H,20,21). The molecule has 4 nitrogen and oxygen atoms in total. The Kier molecular flexibility index (Phi) is 3.40. The molecule has 0 aliphatic rings. The summed E-state index contributed by atoms with van der Waals surface area (Å²) in [6.07, 6.45) is 2.36. The van der Waals surface area contributed by atoms with Gasteiger partial charge in [0.1, 0.15) is 11.5 Å². The van der Waals surface area contributed by atoms with Crippen LogP contribution < -0.4 is 5.73 Å². The maximum Gasteiger partial charge on any atom is 0.201 e. The molecule has 2 heterocycles. The van der Waals surface area contributed by atoms with Crippen molar-refractivity contribution in [3.8, 4) is 0 Å². The third-order valence-corrected chi connectivity index (χ3v) is 3.74. The second-order valence-electron chi connectivity index (χ2n) is 4.50. The van der Waals surface area contributed by atoms with E-state index >= 15 is 0 Å². The number of nitrogens with two attached hydrogens (primary N) is 1. The number of aromatic nitrogens is 2. The summed E-state index contributed by atoms with van der Waals surface area (Å²) in [6, 6.07) is 1.89. The molecule has 0 atom stereocenters. The van der Waals surface area contributed by atoms with Crippen LogP contribution in [0.1, 0.15) is 15.9 Å². The van der Waals surface area contributed by atoms with Crippen LogP contribution in [0, 0.1) is 17.5 Å². The van der Waals surface area contributed by atoms with Gasteiger partial charge in [0.05, 0.1) is 26.7 Å². The molecule has 0 spiro atoms. The molecule has 1 aromatic carbocycles. The predicted molar refractivity (Wildman–Crippen MR) is 78.0 cm³/mol. The molecule has 0 radical (unpaired) electrons. The highest BCUT2D eigenvalue weighted by Gasteiger charge is 2.25. The number of rotatable bonds is 2. The Morgan fingerprint density at radius 3 is 2.68 bits per heavy atom. The fourth-order valence-electron chi connectivity index (χ4n) is 2.12. The van der Waals surface area contributed by atoms with Crippen LogP contribution in [0.15, 0.2) is 29.0 Å². The predicted octanol–water partition coefficient (Wildman–Crippen LogP) is 3.56. The van der Waals surface area contributed by atoms with E-state index in [0.29, 0.717) is 0 Å². The van der Waals surface area contributed by atoms with Gasteiger partial charge in [0.15, 0.2) is 11.6 Å². The zero-order chi connectivity index (χ0) is 16.0. The maximum absolute atomic E-state index is 14.2. The first-order valence-corrected chi connectivity index (χ1v) is 6.80. The number of hydrogen-bond acceptors (Lipinski definition) is 3. The SMILES string of the molecule is Nc1ccc(F)c(C(=O)c2c[nH]c3ncc(Br)c(F)c23)c1F. The number of ketones is 1. The van der Waals surface area contributed by atoms with Crippen molar-refractivity contribution in [2.24, 2.45) is 0 Å². The van der Waals surface area contributed by atoms with Gasteiger partial charge >= 0.3 is 0 Å². The Balaban J connectivity index is 2.27. The number of carbonyl (C=O) groups is 1. The molecule has 3 N–H and O–H groups in total. The van der Waals surface area contributed by atoms with E-state index in [1.165, 1.54) is 6.20 Å². The van der Waals surface area contributed by atoms with Gasteiger partial charge in [-0.25, -0.2) is 18.2 Å². The van der Waals surface area contributed by atoms with E-state index in [2.05, 4.69) is 25.9 Å². The number of nitrogen functional groups attached to an aromatic ring is 1. The molecule has 8 heteroatoms. The van der Waals surface area contributed by atoms with Gasteiger partial charge in [-0.05, 0) is 28.1 Å². The lowest BCUT2D eigenvalue weighted by Crippen LogP contribution is -2.09. The van der Waals surface area contributed by atoms with Gasteiger partial charge in [-0.15, -0.1) is 0 Å². The first-order valence-electron chi connectivity index (χ1n) is 6.01. The van der Waals surface area contributed by atoms with Crippen molar-refractivity contribution >= 4 is 38.4 Å². The molecule has 0 amide bonds. The Morgan fingerprint density at radius 1 is 1.23 bits per heavy atom. The smallest absolute Gasteiger partial charge is 0.201 e. The van der Waals surface area contributed by atoms with Gasteiger partial charge in [-0.2, -0.15) is 0 Å². The summed E-state index contributed by atoms with van der Waals surface area (Å²) in [6.45, 7) is 0. The van der Waals surface area contributed by atoms with Gasteiger partial charge < -0.3 is 10.7 Å². The average Bonchev–Trinajstić information content (AvgIpc) is 2.92. The number of hydrogen-bond donors (Lipinski definition) is 2. The molecule has 0 fully saturated rings. The van der Waals surface area contributed by atoms with Crippen molar-refractivity contribution < 1.29 is 18.0 Å². The van der Waals surface area contributed by atoms with E-state index in [9.17, 15) is 18.0 Å². The number of benzene rings is 1. The molecule has 0 unspecified atom stereocenters. The highest BCUT2D eigenvalue weighted by atomic mass is 79.9. The molecular weight excluding hydrogens is 363 g/mol. The molecule has 0 aliphatic heterocycles. The minimum absolute atomic E-state index is 0.0298. The zero-order valence-corrected chi connectivity index (χ0v) is 12.3. The lowest BCUT2D eigenvalue weighted by Gasteiger charge is -2.06. The van der Waals surface area contributed by atoms with Crippen LogP contribution in [0.4, 0.5) is 18.9 Å². The fourth-order valence-corrected chi connectivity index (χ4v) is 2.42. The van der Waals surface area contributed by atoms with E-state index in [-0.39, 0.29) is 26.8 Å². The Labute approximate surface area is 130 Å². The van der Waals surface area contributed by atoms with Gasteiger partial charge in [0, 0.05) is 12.4 Å². The topological polar surface area (TPSA) is 71.8 Å². The molecule has 112 valence electrons. The number of pyridine rings is 1. The number of halogens is 4. The quantitative estimate of drug-likeness (QED) is 0.535. The monoisotopic (exact) mass is 369 g/mol. The molecule has 0 bridgehead atoms. The van der Waals surface area contributed by atoms with Crippen molar-refractivity contribution in [3.63, 3.8) is 0 Å². The van der Waals surface area contributed by atoms with Gasteiger partial charge in [0.25, 0.3) is 0 Å². The van der Waals surface area contributed by atoms with Crippen LogP contribution in [0.2, 0.25) is 0 Å². The molecule has 0 saturated heterocycles. The third-order valence-electron chi connectivity index (χ3n) is 3.19. The lowest BCUT2D eigenvalue weighted by molar-refractivity contribution is 0.103. The van der Waals surface area contributed by atoms with Crippen LogP contribution in [-0.4, -0.2) is 15.8 Å². The van der Waals surface area contributed by atoms with Crippen LogP contribution >= 0.6 is 15.9 Å². The molecular formula is C14H7BrF3N3O. The number of nitrogens with one attached hydrogen (secondary N) is 1. The molecule has 2 aromatic heterocycles. The summed E-state index contributed by atoms with van der Waals surface area (Å²) in [5, 5.41) is -0.152. The van der Waals surface area contributed by atoms with Crippen molar-refractivity contribution in [2.75, 3.05) is 5.73 Å². The van der Waals surface area contributed by atoms with Crippen molar-refractivity contribution in [1.29, 1.82) is 0 Å². The van der Waals surface area contributed by atoms with Crippen molar-refractivity contribution in [1.82, 2.24) is 9.97 Å². The number of fused-ring (bicyclic) bond motifs is 1. The molecule has 3 aromatic rings. The average molecular weight is 370 g/mol. The number of anilines is 1. The van der Waals surface area contributed by atoms with E-state index in [4.69, 9.17) is 5.73 Å². The van der Waals surface area contributed by atoms with Crippen LogP contribution in [-0.2, 0) is 0 Å². The second kappa shape index (κ2) is 5.13. The Morgan fingerprint density at radius 2 is 1.95 bits per heavy atom. The van der Waals surface area contributed by atoms with Gasteiger partial charge in [0.2, 0.25) is 5.78 Å². The van der Waals surface area contributed by atoms with Gasteiger partial charge in [-0.3, -0.25) is 4.79 Å². The first-order chi connectivity index (χ1) is 10.4. The minimum atomic E-state index is -1.18. The summed E-state index contributed by atoms with van der Waals surface area (Å²) in [7, 11) is 0. The summed E-state index contributed by atoms with van der Waals surface area (Å²) in [5.74, 6) is -4.02. The van der Waals surface area contributed by atoms with Gasteiger partial charge in [-0.1, -0.05) is 0 Å². The van der Waals surface area contributed by atoms with Crippen LogP contribution in [0.25, 0.3) is 11.0 Å². The second-order valence-corrected chi connectivity index (χ2v) is 5.36. The number of H-pyrrole nitrogens is 1. The van der Waals surface area contributed by atoms with E-state index in [1.807, 2.05) is 0 Å². The van der Waals surface area contributed by atoms with E-state index < -0.39 is 28.8 Å². The summed E-state index contributed by atoms with van der Waals surface area (Å²) >= 11 is 2.95. The molecule has 0 aliphatic carbocycles. The molecule has 3 rings (SSSR count). The lowest BCUT2D eigenvalue weighted by atomic mass is 10.0. The highest BCUT2D eigenvalue weighted by molar-refractivity contribution is 9.10. The number of carbonyl (C=O) groups excluding carboxylic acids is 1. The van der Waals surface area contributed by atoms with E-state index in [0.717, 1.165) is 18.3 Å². The number of aromatic amines is 1. The maximum atomic E-state index is 14.2. The summed E-state index contributed by atoms with van der Waals surface area (Å²) in [4.78, 5) is 18.9. The summed E-state index contributed by atoms with van der Waals surface area (Å²) in [5.41, 5.74) is 4.01. The zero-order valence-electron chi connectivity index (χ0n) is 10.8. The highest BCUT2D eigenvalue weighted by Crippen LogP contribution is 2.29. The first kappa shape index (κ1) is 14.6. The van der Waals surface area contributed by atoms with Crippen molar-refractivity contribution in [3.05, 3.63) is 57.6 Å². The molecule has 0 saturated carbocycles. The Hall–Kier alpha value is -2.35. The third kappa shape index (κ3) is 2.07. The minimum Gasteiger partial charge on any atom is -0.396 e. The van der Waals surface area contributed by atoms with Crippen molar-refractivity contribution in [2.45, 2.75) is 0 Å².